The molecule has 0 aliphatic carbocycles. The number of amides is 1. The SMILES string of the molecule is CC[C@@H](C)NC(=O)c1ccc(CS(=O)(=O)c2ccc(Br)cc2)o1. The fourth-order valence-corrected chi connectivity index (χ4v) is 3.40. The predicted molar refractivity (Wildman–Crippen MR) is 91.0 cm³/mol. The van der Waals surface area contributed by atoms with Crippen LogP contribution in [0.3, 0.4) is 0 Å². The van der Waals surface area contributed by atoms with Crippen LogP contribution in [0.15, 0.2) is 50.2 Å². The molecule has 2 aromatic rings. The number of carbonyl (C=O) groups excluding carboxylic acids is 1. The second-order valence-corrected chi connectivity index (χ2v) is 8.17. The van der Waals surface area contributed by atoms with Crippen molar-refractivity contribution in [2.45, 2.75) is 37.0 Å². The van der Waals surface area contributed by atoms with Gasteiger partial charge in [-0.3, -0.25) is 4.79 Å². The largest absolute Gasteiger partial charge is 0.455 e. The van der Waals surface area contributed by atoms with Gasteiger partial charge in [0.2, 0.25) is 0 Å². The molecule has 5 nitrogen and oxygen atoms in total. The number of carbonyl (C=O) groups is 1. The van der Waals surface area contributed by atoms with Crippen LogP contribution in [0, 0.1) is 0 Å². The molecule has 0 fully saturated rings. The second kappa shape index (κ2) is 7.31. The van der Waals surface area contributed by atoms with Crippen LogP contribution in [-0.2, 0) is 15.6 Å². The Balaban J connectivity index is 2.12. The Morgan fingerprint density at radius 3 is 2.48 bits per heavy atom. The van der Waals surface area contributed by atoms with E-state index in [0.717, 1.165) is 10.9 Å². The van der Waals surface area contributed by atoms with Gasteiger partial charge in [0, 0.05) is 10.5 Å². The van der Waals surface area contributed by atoms with E-state index < -0.39 is 9.84 Å². The zero-order valence-corrected chi connectivity index (χ0v) is 15.3. The molecule has 0 unspecified atom stereocenters. The van der Waals surface area contributed by atoms with Crippen molar-refractivity contribution in [2.24, 2.45) is 0 Å². The Hall–Kier alpha value is -1.60. The first kappa shape index (κ1) is 17.7. The average Bonchev–Trinajstić information content (AvgIpc) is 2.95. The molecule has 1 aromatic carbocycles. The Morgan fingerprint density at radius 2 is 1.87 bits per heavy atom. The first-order valence-corrected chi connectivity index (χ1v) is 9.64. The molecule has 1 aromatic heterocycles. The van der Waals surface area contributed by atoms with Crippen LogP contribution in [0.1, 0.15) is 36.6 Å². The molecule has 0 saturated carbocycles. The third kappa shape index (κ3) is 4.68. The van der Waals surface area contributed by atoms with E-state index in [4.69, 9.17) is 4.42 Å². The number of furan rings is 1. The molecule has 0 spiro atoms. The Kier molecular flexibility index (Phi) is 5.64. The first-order valence-electron chi connectivity index (χ1n) is 7.19. The van der Waals surface area contributed by atoms with E-state index in [1.54, 1.807) is 12.1 Å². The minimum atomic E-state index is -3.52. The lowest BCUT2D eigenvalue weighted by Crippen LogP contribution is -2.31. The van der Waals surface area contributed by atoms with Crippen molar-refractivity contribution >= 4 is 31.7 Å². The smallest absolute Gasteiger partial charge is 0.287 e. The summed E-state index contributed by atoms with van der Waals surface area (Å²) in [6, 6.07) is 9.42. The van der Waals surface area contributed by atoms with E-state index in [-0.39, 0.29) is 34.1 Å². The van der Waals surface area contributed by atoms with Crippen LogP contribution >= 0.6 is 15.9 Å². The van der Waals surface area contributed by atoms with E-state index in [9.17, 15) is 13.2 Å². The predicted octanol–water partition coefficient (Wildman–Crippen LogP) is 3.54. The molecule has 23 heavy (non-hydrogen) atoms. The lowest BCUT2D eigenvalue weighted by molar-refractivity contribution is 0.0909. The van der Waals surface area contributed by atoms with Gasteiger partial charge in [-0.25, -0.2) is 8.42 Å². The first-order chi connectivity index (χ1) is 10.8. The van der Waals surface area contributed by atoms with Gasteiger partial charge in [-0.05, 0) is 49.7 Å². The third-order valence-corrected chi connectivity index (χ3v) is 5.56. The van der Waals surface area contributed by atoms with Crippen LogP contribution in [0.2, 0.25) is 0 Å². The van der Waals surface area contributed by atoms with Crippen LogP contribution in [-0.4, -0.2) is 20.4 Å². The number of hydrogen-bond donors (Lipinski definition) is 1. The molecule has 0 aliphatic heterocycles. The number of benzene rings is 1. The highest BCUT2D eigenvalue weighted by Crippen LogP contribution is 2.20. The standard InChI is InChI=1S/C16H18BrNO4S/c1-3-11(2)18-16(19)15-9-6-13(22-15)10-23(20,21)14-7-4-12(17)5-8-14/h4-9,11H,3,10H2,1-2H3,(H,18,19)/t11-/m1/s1. The second-order valence-electron chi connectivity index (χ2n) is 5.26. The summed E-state index contributed by atoms with van der Waals surface area (Å²) in [5.41, 5.74) is 0. The summed E-state index contributed by atoms with van der Waals surface area (Å²) < 4.78 is 30.9. The number of rotatable bonds is 6. The molecule has 1 atom stereocenters. The van der Waals surface area contributed by atoms with Gasteiger partial charge in [0.1, 0.15) is 11.5 Å². The normalized spacial score (nSPS) is 12.8. The Labute approximate surface area is 144 Å². The van der Waals surface area contributed by atoms with Crippen molar-refractivity contribution in [1.82, 2.24) is 5.32 Å². The topological polar surface area (TPSA) is 76.4 Å². The molecule has 2 rings (SSSR count). The van der Waals surface area contributed by atoms with Crippen molar-refractivity contribution in [1.29, 1.82) is 0 Å². The summed E-state index contributed by atoms with van der Waals surface area (Å²) in [4.78, 5) is 12.2. The maximum atomic E-state index is 12.3. The van der Waals surface area contributed by atoms with Crippen molar-refractivity contribution < 1.29 is 17.6 Å². The van der Waals surface area contributed by atoms with Gasteiger partial charge in [-0.15, -0.1) is 0 Å². The maximum Gasteiger partial charge on any atom is 0.287 e. The monoisotopic (exact) mass is 399 g/mol. The van der Waals surface area contributed by atoms with E-state index in [0.29, 0.717) is 0 Å². The van der Waals surface area contributed by atoms with E-state index >= 15 is 0 Å². The summed E-state index contributed by atoms with van der Waals surface area (Å²) in [7, 11) is -3.52. The van der Waals surface area contributed by atoms with Crippen LogP contribution in [0.25, 0.3) is 0 Å². The lowest BCUT2D eigenvalue weighted by Gasteiger charge is -2.09. The summed E-state index contributed by atoms with van der Waals surface area (Å²) in [6.45, 7) is 3.85. The number of sulfone groups is 1. The number of hydrogen-bond acceptors (Lipinski definition) is 4. The summed E-state index contributed by atoms with van der Waals surface area (Å²) in [5, 5.41) is 2.77. The molecule has 1 N–H and O–H groups in total. The van der Waals surface area contributed by atoms with Crippen molar-refractivity contribution in [3.05, 3.63) is 52.4 Å². The lowest BCUT2D eigenvalue weighted by atomic mass is 10.2. The minimum Gasteiger partial charge on any atom is -0.455 e. The molecule has 1 heterocycles. The van der Waals surface area contributed by atoms with E-state index in [1.807, 2.05) is 13.8 Å². The zero-order valence-electron chi connectivity index (χ0n) is 12.9. The van der Waals surface area contributed by atoms with Gasteiger partial charge >= 0.3 is 0 Å². The molecule has 0 bridgehead atoms. The van der Waals surface area contributed by atoms with Gasteiger partial charge in [0.15, 0.2) is 15.6 Å². The maximum absolute atomic E-state index is 12.3. The van der Waals surface area contributed by atoms with E-state index in [1.165, 1.54) is 24.3 Å². The minimum absolute atomic E-state index is 0.0301. The molecule has 1 amide bonds. The molecule has 0 saturated heterocycles. The summed E-state index contributed by atoms with van der Waals surface area (Å²) in [6.07, 6.45) is 0.803. The van der Waals surface area contributed by atoms with Crippen LogP contribution in [0.5, 0.6) is 0 Å². The molecule has 0 aliphatic rings. The summed E-state index contributed by atoms with van der Waals surface area (Å²) >= 11 is 3.27. The highest BCUT2D eigenvalue weighted by Gasteiger charge is 2.19. The molecule has 124 valence electrons. The quantitative estimate of drug-likeness (QED) is 0.805. The van der Waals surface area contributed by atoms with Crippen molar-refractivity contribution in [2.75, 3.05) is 0 Å². The Bertz CT molecular complexity index is 781. The molecular weight excluding hydrogens is 382 g/mol. The third-order valence-electron chi connectivity index (χ3n) is 3.38. The van der Waals surface area contributed by atoms with Crippen LogP contribution < -0.4 is 5.32 Å². The van der Waals surface area contributed by atoms with Crippen LogP contribution in [0.4, 0.5) is 0 Å². The zero-order chi connectivity index (χ0) is 17.0. The van der Waals surface area contributed by atoms with Crippen molar-refractivity contribution in [3.63, 3.8) is 0 Å². The van der Waals surface area contributed by atoms with Crippen molar-refractivity contribution in [3.8, 4) is 0 Å². The number of halogens is 1. The summed E-state index contributed by atoms with van der Waals surface area (Å²) in [5.74, 6) is -0.272. The average molecular weight is 400 g/mol. The van der Waals surface area contributed by atoms with Gasteiger partial charge in [0.25, 0.3) is 5.91 Å². The van der Waals surface area contributed by atoms with Gasteiger partial charge in [0.05, 0.1) is 4.90 Å². The van der Waals surface area contributed by atoms with E-state index in [2.05, 4.69) is 21.2 Å². The highest BCUT2D eigenvalue weighted by atomic mass is 79.9. The van der Waals surface area contributed by atoms with Gasteiger partial charge in [-0.2, -0.15) is 0 Å². The fourth-order valence-electron chi connectivity index (χ4n) is 1.89. The Morgan fingerprint density at radius 1 is 1.22 bits per heavy atom. The van der Waals surface area contributed by atoms with Gasteiger partial charge < -0.3 is 9.73 Å². The van der Waals surface area contributed by atoms with Gasteiger partial charge in [-0.1, -0.05) is 22.9 Å². The molecule has 0 radical (unpaired) electrons. The fraction of sp³-hybridized carbons (Fsp3) is 0.312. The number of nitrogens with one attached hydrogen (secondary N) is 1. The highest BCUT2D eigenvalue weighted by molar-refractivity contribution is 9.10. The molecular formula is C16H18BrNO4S. The molecule has 7 heteroatoms.